The fourth-order valence-corrected chi connectivity index (χ4v) is 2.66. The van der Waals surface area contributed by atoms with Crippen LogP contribution in [0.25, 0.3) is 0 Å². The largest absolute Gasteiger partial charge is 0.348 e. The van der Waals surface area contributed by atoms with E-state index in [0.29, 0.717) is 25.0 Å². The van der Waals surface area contributed by atoms with Crippen LogP contribution in [0.1, 0.15) is 75.1 Å². The van der Waals surface area contributed by atoms with Crippen molar-refractivity contribution >= 4 is 0 Å². The molecule has 0 atom stereocenters. The van der Waals surface area contributed by atoms with Crippen LogP contribution in [0.4, 0.5) is 0 Å². The van der Waals surface area contributed by atoms with Crippen molar-refractivity contribution in [2.45, 2.75) is 72.4 Å². The number of benzene rings is 2. The topological polar surface area (TPSA) is 18.5 Å². The zero-order valence-electron chi connectivity index (χ0n) is 16.3. The Morgan fingerprint density at radius 1 is 0.640 bits per heavy atom. The van der Waals surface area contributed by atoms with Crippen molar-refractivity contribution in [3.05, 3.63) is 70.8 Å². The first kappa shape index (κ1) is 19.7. The molecule has 0 aromatic heterocycles. The first-order valence-electron chi connectivity index (χ1n) is 9.40. The van der Waals surface area contributed by atoms with Gasteiger partial charge in [-0.2, -0.15) is 0 Å². The van der Waals surface area contributed by atoms with Gasteiger partial charge in [-0.25, -0.2) is 0 Å². The summed E-state index contributed by atoms with van der Waals surface area (Å²) in [6, 6.07) is 17.3. The quantitative estimate of drug-likeness (QED) is 0.491. The van der Waals surface area contributed by atoms with Crippen LogP contribution in [0, 0.1) is 0 Å². The van der Waals surface area contributed by atoms with Gasteiger partial charge in [-0.1, -0.05) is 83.1 Å². The van der Waals surface area contributed by atoms with Gasteiger partial charge < -0.3 is 9.47 Å². The van der Waals surface area contributed by atoms with E-state index in [1.807, 2.05) is 0 Å². The van der Waals surface area contributed by atoms with Crippen molar-refractivity contribution in [1.29, 1.82) is 0 Å². The maximum atomic E-state index is 5.94. The van der Waals surface area contributed by atoms with Crippen LogP contribution in [0.5, 0.6) is 0 Å². The standard InChI is InChI=1S/C23H32O2/c1-6-23(24-15-19-7-11-21(12-8-19)17(2)3)25-16-20-9-13-22(14-10-20)18(4)5/h7-14,17-18,23H,6,15-16H2,1-5H3. The molecule has 136 valence electrons. The van der Waals surface area contributed by atoms with Gasteiger partial charge in [0.15, 0.2) is 6.29 Å². The highest BCUT2D eigenvalue weighted by atomic mass is 16.7. The molecule has 0 unspecified atom stereocenters. The second-order valence-electron chi connectivity index (χ2n) is 7.25. The minimum atomic E-state index is -0.172. The lowest BCUT2D eigenvalue weighted by molar-refractivity contribution is -0.157. The molecule has 0 amide bonds. The van der Waals surface area contributed by atoms with E-state index in [2.05, 4.69) is 83.1 Å². The van der Waals surface area contributed by atoms with E-state index < -0.39 is 0 Å². The van der Waals surface area contributed by atoms with Crippen molar-refractivity contribution in [3.63, 3.8) is 0 Å². The van der Waals surface area contributed by atoms with E-state index in [4.69, 9.17) is 9.47 Å². The van der Waals surface area contributed by atoms with Gasteiger partial charge in [-0.3, -0.25) is 0 Å². The average Bonchev–Trinajstić information content (AvgIpc) is 2.62. The molecule has 0 aliphatic heterocycles. The van der Waals surface area contributed by atoms with E-state index >= 15 is 0 Å². The Morgan fingerprint density at radius 2 is 1.00 bits per heavy atom. The van der Waals surface area contributed by atoms with E-state index in [1.165, 1.54) is 22.3 Å². The third-order valence-electron chi connectivity index (χ3n) is 4.50. The van der Waals surface area contributed by atoms with Crippen LogP contribution in [0.15, 0.2) is 48.5 Å². The van der Waals surface area contributed by atoms with Crippen molar-refractivity contribution in [1.82, 2.24) is 0 Å². The maximum absolute atomic E-state index is 5.94. The van der Waals surface area contributed by atoms with E-state index in [0.717, 1.165) is 6.42 Å². The molecule has 0 radical (unpaired) electrons. The van der Waals surface area contributed by atoms with Gasteiger partial charge in [-0.15, -0.1) is 0 Å². The zero-order valence-corrected chi connectivity index (χ0v) is 16.3. The maximum Gasteiger partial charge on any atom is 0.158 e. The van der Waals surface area contributed by atoms with Gasteiger partial charge in [-0.05, 0) is 40.5 Å². The molecule has 0 saturated heterocycles. The van der Waals surface area contributed by atoms with Crippen LogP contribution in [0.2, 0.25) is 0 Å². The van der Waals surface area contributed by atoms with Crippen LogP contribution in [0.3, 0.4) is 0 Å². The molecule has 2 aromatic rings. The van der Waals surface area contributed by atoms with Crippen molar-refractivity contribution in [3.8, 4) is 0 Å². The molecule has 0 heterocycles. The normalized spacial score (nSPS) is 11.7. The summed E-state index contributed by atoms with van der Waals surface area (Å²) in [5.41, 5.74) is 5.09. The summed E-state index contributed by atoms with van der Waals surface area (Å²) in [6.45, 7) is 12.1. The zero-order chi connectivity index (χ0) is 18.2. The van der Waals surface area contributed by atoms with Crippen LogP contribution < -0.4 is 0 Å². The second-order valence-corrected chi connectivity index (χ2v) is 7.25. The van der Waals surface area contributed by atoms with E-state index in [-0.39, 0.29) is 6.29 Å². The molecular weight excluding hydrogens is 308 g/mol. The molecule has 0 aliphatic carbocycles. The Balaban J connectivity index is 1.81. The minimum Gasteiger partial charge on any atom is -0.348 e. The highest BCUT2D eigenvalue weighted by Crippen LogP contribution is 2.18. The fraction of sp³-hybridized carbons (Fsp3) is 0.478. The fourth-order valence-electron chi connectivity index (χ4n) is 2.66. The summed E-state index contributed by atoms with van der Waals surface area (Å²) < 4.78 is 11.9. The second kappa shape index (κ2) is 9.74. The predicted octanol–water partition coefficient (Wildman–Crippen LogP) is 6.40. The van der Waals surface area contributed by atoms with Gasteiger partial charge in [0.1, 0.15) is 0 Å². The Labute approximate surface area is 153 Å². The van der Waals surface area contributed by atoms with Gasteiger partial charge in [0.25, 0.3) is 0 Å². The summed E-state index contributed by atoms with van der Waals surface area (Å²) in [5.74, 6) is 1.12. The number of ether oxygens (including phenoxy) is 2. The lowest BCUT2D eigenvalue weighted by Gasteiger charge is -2.18. The van der Waals surface area contributed by atoms with E-state index in [1.54, 1.807) is 0 Å². The molecule has 0 saturated carbocycles. The molecule has 2 heteroatoms. The summed E-state index contributed by atoms with van der Waals surface area (Å²) in [4.78, 5) is 0. The highest BCUT2D eigenvalue weighted by Gasteiger charge is 2.08. The molecule has 2 nitrogen and oxygen atoms in total. The Morgan fingerprint density at radius 3 is 1.28 bits per heavy atom. The predicted molar refractivity (Wildman–Crippen MR) is 105 cm³/mol. The van der Waals surface area contributed by atoms with Crippen molar-refractivity contribution in [2.24, 2.45) is 0 Å². The third-order valence-corrected chi connectivity index (χ3v) is 4.50. The van der Waals surface area contributed by atoms with Gasteiger partial charge in [0, 0.05) is 0 Å². The minimum absolute atomic E-state index is 0.172. The molecule has 0 aliphatic rings. The lowest BCUT2D eigenvalue weighted by atomic mass is 10.0. The molecule has 0 N–H and O–H groups in total. The summed E-state index contributed by atoms with van der Waals surface area (Å²) >= 11 is 0. The molecule has 0 fully saturated rings. The Bertz CT molecular complexity index is 556. The summed E-state index contributed by atoms with van der Waals surface area (Å²) in [7, 11) is 0. The number of rotatable bonds is 9. The van der Waals surface area contributed by atoms with Gasteiger partial charge in [0.2, 0.25) is 0 Å². The molecule has 2 aromatic carbocycles. The van der Waals surface area contributed by atoms with Crippen LogP contribution in [-0.2, 0) is 22.7 Å². The van der Waals surface area contributed by atoms with Crippen LogP contribution in [-0.4, -0.2) is 6.29 Å². The molecule has 0 bridgehead atoms. The van der Waals surface area contributed by atoms with Crippen molar-refractivity contribution < 1.29 is 9.47 Å². The Hall–Kier alpha value is -1.64. The van der Waals surface area contributed by atoms with Gasteiger partial charge >= 0.3 is 0 Å². The van der Waals surface area contributed by atoms with Crippen molar-refractivity contribution in [2.75, 3.05) is 0 Å². The first-order valence-corrected chi connectivity index (χ1v) is 9.40. The highest BCUT2D eigenvalue weighted by molar-refractivity contribution is 5.25. The molecule has 2 rings (SSSR count). The molecule has 0 spiro atoms. The summed E-state index contributed by atoms with van der Waals surface area (Å²) in [5, 5.41) is 0. The SMILES string of the molecule is CCC(OCc1ccc(C(C)C)cc1)OCc1ccc(C(C)C)cc1. The Kier molecular flexibility index (Phi) is 7.67. The number of hydrogen-bond donors (Lipinski definition) is 0. The average molecular weight is 341 g/mol. The lowest BCUT2D eigenvalue weighted by Crippen LogP contribution is -2.16. The van der Waals surface area contributed by atoms with Gasteiger partial charge in [0.05, 0.1) is 13.2 Å². The third kappa shape index (κ3) is 6.30. The van der Waals surface area contributed by atoms with E-state index in [9.17, 15) is 0 Å². The molecular formula is C23H32O2. The first-order chi connectivity index (χ1) is 12.0. The monoisotopic (exact) mass is 340 g/mol. The van der Waals surface area contributed by atoms with Crippen LogP contribution >= 0.6 is 0 Å². The molecule has 25 heavy (non-hydrogen) atoms. The summed E-state index contributed by atoms with van der Waals surface area (Å²) in [6.07, 6.45) is 0.670. The smallest absolute Gasteiger partial charge is 0.158 e. The number of hydrogen-bond acceptors (Lipinski definition) is 2.